The third-order valence-corrected chi connectivity index (χ3v) is 3.49. The van der Waals surface area contributed by atoms with Crippen LogP contribution in [0.2, 0.25) is 0 Å². The number of hydrogen-bond acceptors (Lipinski definition) is 5. The zero-order valence-corrected chi connectivity index (χ0v) is 18.4. The largest absolute Gasteiger partial charge is 0.379 e. The summed E-state index contributed by atoms with van der Waals surface area (Å²) in [5.74, 6) is 0.605. The molecule has 0 fully saturated rings. The molecule has 0 saturated carbocycles. The van der Waals surface area contributed by atoms with Gasteiger partial charge in [0.05, 0.1) is 36.9 Å². The second-order valence-corrected chi connectivity index (χ2v) is 5.59. The van der Waals surface area contributed by atoms with Crippen LogP contribution >= 0.6 is 24.0 Å². The fourth-order valence-electron chi connectivity index (χ4n) is 2.14. The molecule has 9 heteroatoms. The van der Waals surface area contributed by atoms with E-state index in [0.717, 1.165) is 19.4 Å². The van der Waals surface area contributed by atoms with E-state index >= 15 is 0 Å². The summed E-state index contributed by atoms with van der Waals surface area (Å²) in [5.41, 5.74) is 0.661. The van der Waals surface area contributed by atoms with Crippen molar-refractivity contribution in [2.24, 2.45) is 4.99 Å². The zero-order chi connectivity index (χ0) is 19.0. The van der Waals surface area contributed by atoms with Crippen molar-refractivity contribution in [3.8, 4) is 0 Å². The summed E-state index contributed by atoms with van der Waals surface area (Å²) in [6.07, 6.45) is 2.20. The van der Waals surface area contributed by atoms with Gasteiger partial charge in [-0.15, -0.1) is 24.0 Å². The fourth-order valence-corrected chi connectivity index (χ4v) is 2.14. The van der Waals surface area contributed by atoms with E-state index in [9.17, 15) is 10.1 Å². The lowest BCUT2D eigenvalue weighted by Gasteiger charge is -2.11. The number of ether oxygens (including phenoxy) is 2. The van der Waals surface area contributed by atoms with Gasteiger partial charge in [-0.25, -0.2) is 4.99 Å². The Morgan fingerprint density at radius 2 is 1.81 bits per heavy atom. The molecule has 0 aliphatic rings. The fraction of sp³-hybridized carbons (Fsp3) is 0.611. The Labute approximate surface area is 178 Å². The van der Waals surface area contributed by atoms with Crippen molar-refractivity contribution in [1.29, 1.82) is 0 Å². The number of nitrogens with one attached hydrogen (secondary N) is 2. The number of hydrogen-bond donors (Lipinski definition) is 2. The molecule has 0 spiro atoms. The Bertz CT molecular complexity index is 558. The van der Waals surface area contributed by atoms with E-state index in [0.29, 0.717) is 44.4 Å². The number of aliphatic imine (C=N–C) groups is 1. The van der Waals surface area contributed by atoms with Gasteiger partial charge in [0.25, 0.3) is 5.69 Å². The Morgan fingerprint density at radius 3 is 2.48 bits per heavy atom. The van der Waals surface area contributed by atoms with Gasteiger partial charge in [0.15, 0.2) is 5.96 Å². The van der Waals surface area contributed by atoms with E-state index in [4.69, 9.17) is 9.47 Å². The van der Waals surface area contributed by atoms with Crippen LogP contribution in [0.5, 0.6) is 0 Å². The van der Waals surface area contributed by atoms with Gasteiger partial charge in [-0.2, -0.15) is 0 Å². The normalized spacial score (nSPS) is 11.0. The van der Waals surface area contributed by atoms with Gasteiger partial charge in [0.2, 0.25) is 0 Å². The molecule has 0 radical (unpaired) electrons. The van der Waals surface area contributed by atoms with Crippen LogP contribution in [0.3, 0.4) is 0 Å². The highest BCUT2D eigenvalue weighted by Crippen LogP contribution is 2.18. The summed E-state index contributed by atoms with van der Waals surface area (Å²) < 4.78 is 10.9. The average molecular weight is 494 g/mol. The molecule has 27 heavy (non-hydrogen) atoms. The molecule has 1 aromatic carbocycles. The maximum Gasteiger partial charge on any atom is 0.274 e. The molecule has 0 heterocycles. The first-order valence-corrected chi connectivity index (χ1v) is 9.09. The molecule has 0 amide bonds. The number of benzene rings is 1. The van der Waals surface area contributed by atoms with E-state index in [2.05, 4.69) is 22.5 Å². The van der Waals surface area contributed by atoms with Gasteiger partial charge in [-0.1, -0.05) is 31.5 Å². The first-order valence-electron chi connectivity index (χ1n) is 9.09. The number of para-hydroxylation sites is 1. The second kappa shape index (κ2) is 16.7. The summed E-state index contributed by atoms with van der Waals surface area (Å²) in [4.78, 5) is 15.1. The van der Waals surface area contributed by atoms with Crippen LogP contribution in [0.4, 0.5) is 5.69 Å². The van der Waals surface area contributed by atoms with Crippen LogP contribution in [-0.4, -0.2) is 50.4 Å². The Hall–Kier alpha value is -1.46. The van der Waals surface area contributed by atoms with Gasteiger partial charge in [0.1, 0.15) is 0 Å². The predicted molar refractivity (Wildman–Crippen MR) is 118 cm³/mol. The van der Waals surface area contributed by atoms with Crippen LogP contribution in [0, 0.1) is 10.1 Å². The van der Waals surface area contributed by atoms with Crippen molar-refractivity contribution in [3.05, 3.63) is 39.9 Å². The summed E-state index contributed by atoms with van der Waals surface area (Å²) in [6.45, 7) is 8.11. The first kappa shape index (κ1) is 25.5. The number of guanidine groups is 1. The minimum absolute atomic E-state index is 0. The van der Waals surface area contributed by atoms with Crippen molar-refractivity contribution < 1.29 is 14.4 Å². The van der Waals surface area contributed by atoms with Crippen LogP contribution in [0.15, 0.2) is 29.3 Å². The Balaban J connectivity index is 0.00000676. The topological polar surface area (TPSA) is 98.0 Å². The molecule has 1 rings (SSSR count). The van der Waals surface area contributed by atoms with E-state index in [1.54, 1.807) is 18.2 Å². The average Bonchev–Trinajstić information content (AvgIpc) is 2.64. The Morgan fingerprint density at radius 1 is 1.11 bits per heavy atom. The number of rotatable bonds is 13. The lowest BCUT2D eigenvalue weighted by atomic mass is 10.2. The van der Waals surface area contributed by atoms with Crippen molar-refractivity contribution >= 4 is 35.6 Å². The van der Waals surface area contributed by atoms with Gasteiger partial charge in [0, 0.05) is 25.8 Å². The van der Waals surface area contributed by atoms with E-state index in [1.807, 2.05) is 6.92 Å². The molecular formula is C18H31IN4O4. The van der Waals surface area contributed by atoms with Crippen LogP contribution in [-0.2, 0) is 16.0 Å². The molecule has 2 N–H and O–H groups in total. The van der Waals surface area contributed by atoms with Crippen molar-refractivity contribution in [2.45, 2.75) is 33.2 Å². The minimum atomic E-state index is -0.387. The standard InChI is InChI=1S/C18H30N4O4.HI/c1-3-5-11-25-13-14-26-12-10-20-18(19-4-2)21-15-16-8-6-7-9-17(16)22(23)24;/h6-9H,3-5,10-15H2,1-2H3,(H2,19,20,21);1H. The SMILES string of the molecule is CCCCOCCOCCNC(=NCc1ccccc1[N+](=O)[O-])NCC.I. The number of halogens is 1. The molecule has 0 aromatic heterocycles. The number of unbranched alkanes of at least 4 members (excludes halogenated alkanes) is 1. The molecule has 0 aliphatic carbocycles. The summed E-state index contributed by atoms with van der Waals surface area (Å²) >= 11 is 0. The zero-order valence-electron chi connectivity index (χ0n) is 16.1. The molecule has 0 saturated heterocycles. The van der Waals surface area contributed by atoms with Gasteiger partial charge in [-0.3, -0.25) is 10.1 Å². The Kier molecular flexibility index (Phi) is 15.8. The van der Waals surface area contributed by atoms with Gasteiger partial charge >= 0.3 is 0 Å². The lowest BCUT2D eigenvalue weighted by molar-refractivity contribution is -0.385. The summed E-state index contributed by atoms with van der Waals surface area (Å²) in [6, 6.07) is 6.63. The van der Waals surface area contributed by atoms with Crippen LogP contribution in [0.1, 0.15) is 32.3 Å². The maximum atomic E-state index is 11.0. The third-order valence-electron chi connectivity index (χ3n) is 3.49. The molecule has 1 aromatic rings. The number of nitro groups is 1. The van der Waals surface area contributed by atoms with Crippen molar-refractivity contribution in [2.75, 3.05) is 39.5 Å². The molecule has 0 aliphatic heterocycles. The monoisotopic (exact) mass is 494 g/mol. The first-order chi connectivity index (χ1) is 12.7. The van der Waals surface area contributed by atoms with E-state index in [1.165, 1.54) is 6.07 Å². The smallest absolute Gasteiger partial charge is 0.274 e. The highest BCUT2D eigenvalue weighted by molar-refractivity contribution is 14.0. The molecule has 0 bridgehead atoms. The second-order valence-electron chi connectivity index (χ2n) is 5.59. The quantitative estimate of drug-likeness (QED) is 0.109. The molecule has 0 unspecified atom stereocenters. The van der Waals surface area contributed by atoms with E-state index < -0.39 is 0 Å². The maximum absolute atomic E-state index is 11.0. The molecule has 154 valence electrons. The van der Waals surface area contributed by atoms with Crippen molar-refractivity contribution in [1.82, 2.24) is 10.6 Å². The number of nitro benzene ring substituents is 1. The molecule has 8 nitrogen and oxygen atoms in total. The predicted octanol–water partition coefficient (Wildman–Crippen LogP) is 3.10. The van der Waals surface area contributed by atoms with E-state index in [-0.39, 0.29) is 41.1 Å². The highest BCUT2D eigenvalue weighted by Gasteiger charge is 2.11. The van der Waals surface area contributed by atoms with Crippen molar-refractivity contribution in [3.63, 3.8) is 0 Å². The third kappa shape index (κ3) is 11.8. The lowest BCUT2D eigenvalue weighted by Crippen LogP contribution is -2.39. The van der Waals surface area contributed by atoms with Gasteiger partial charge in [-0.05, 0) is 13.3 Å². The molecular weight excluding hydrogens is 463 g/mol. The van der Waals surface area contributed by atoms with Gasteiger partial charge < -0.3 is 20.1 Å². The van der Waals surface area contributed by atoms with Crippen LogP contribution in [0.25, 0.3) is 0 Å². The molecule has 0 atom stereocenters. The van der Waals surface area contributed by atoms with Crippen LogP contribution < -0.4 is 10.6 Å². The summed E-state index contributed by atoms with van der Waals surface area (Å²) in [5, 5.41) is 17.3. The minimum Gasteiger partial charge on any atom is -0.379 e. The summed E-state index contributed by atoms with van der Waals surface area (Å²) in [7, 11) is 0. The number of nitrogens with zero attached hydrogens (tertiary/aromatic N) is 2. The highest BCUT2D eigenvalue weighted by atomic mass is 127.